The van der Waals surface area contributed by atoms with Crippen molar-refractivity contribution in [2.24, 2.45) is 0 Å². The predicted octanol–water partition coefficient (Wildman–Crippen LogP) is 4.51. The Morgan fingerprint density at radius 1 is 1.12 bits per heavy atom. The van der Waals surface area contributed by atoms with E-state index in [1.807, 2.05) is 6.92 Å². The Morgan fingerprint density at radius 3 is 2.54 bits per heavy atom. The van der Waals surface area contributed by atoms with Crippen molar-refractivity contribution in [1.29, 1.82) is 0 Å². The lowest BCUT2D eigenvalue weighted by Gasteiger charge is -2.13. The van der Waals surface area contributed by atoms with E-state index < -0.39 is 23.5 Å². The maximum atomic E-state index is 13.3. The molecule has 0 aromatic heterocycles. The van der Waals surface area contributed by atoms with Gasteiger partial charge in [-0.2, -0.15) is 13.2 Å². The molecule has 1 N–H and O–H groups in total. The maximum Gasteiger partial charge on any atom is 0.419 e. The lowest BCUT2D eigenvalue weighted by atomic mass is 10.1. The largest absolute Gasteiger partial charge is 0.490 e. The van der Waals surface area contributed by atoms with Crippen molar-refractivity contribution < 1.29 is 31.8 Å². The van der Waals surface area contributed by atoms with Crippen molar-refractivity contribution in [1.82, 2.24) is 0 Å². The molecule has 0 unspecified atom stereocenters. The number of carbonyl (C=O) groups excluding carboxylic acids is 1. The van der Waals surface area contributed by atoms with Crippen LogP contribution < -0.4 is 10.1 Å². The van der Waals surface area contributed by atoms with Crippen LogP contribution in [0.2, 0.25) is 0 Å². The molecule has 0 radical (unpaired) electrons. The van der Waals surface area contributed by atoms with Gasteiger partial charge in [0.05, 0.1) is 17.7 Å². The van der Waals surface area contributed by atoms with E-state index in [2.05, 4.69) is 5.32 Å². The summed E-state index contributed by atoms with van der Waals surface area (Å²) in [5, 5.41) is 2.32. The summed E-state index contributed by atoms with van der Waals surface area (Å²) in [7, 11) is 0. The second-order valence-electron chi connectivity index (χ2n) is 5.19. The number of carbonyl (C=O) groups is 1. The lowest BCUT2D eigenvalue weighted by molar-refractivity contribution is -0.139. The molecule has 0 saturated carbocycles. The maximum absolute atomic E-state index is 13.3. The average Bonchev–Trinajstić information content (AvgIpc) is 2.59. The topological polar surface area (TPSA) is 47.6 Å². The van der Waals surface area contributed by atoms with Crippen molar-refractivity contribution in [2.45, 2.75) is 13.1 Å². The van der Waals surface area contributed by atoms with E-state index in [1.54, 1.807) is 18.2 Å². The average molecular weight is 371 g/mol. The van der Waals surface area contributed by atoms with Crippen LogP contribution in [0.4, 0.5) is 23.2 Å². The van der Waals surface area contributed by atoms with Gasteiger partial charge in [-0.1, -0.05) is 12.1 Å². The molecule has 0 spiro atoms. The van der Waals surface area contributed by atoms with Crippen LogP contribution in [0.25, 0.3) is 0 Å². The molecule has 2 aromatic rings. The molecular formula is C18H17F4NO3. The van der Waals surface area contributed by atoms with Gasteiger partial charge < -0.3 is 14.8 Å². The Balaban J connectivity index is 2.15. The van der Waals surface area contributed by atoms with E-state index in [0.29, 0.717) is 25.3 Å². The highest BCUT2D eigenvalue weighted by molar-refractivity contribution is 6.06. The lowest BCUT2D eigenvalue weighted by Crippen LogP contribution is -2.16. The molecule has 0 aliphatic carbocycles. The zero-order valence-electron chi connectivity index (χ0n) is 13.9. The predicted molar refractivity (Wildman–Crippen MR) is 87.8 cm³/mol. The minimum absolute atomic E-state index is 0.141. The number of benzene rings is 2. The second-order valence-corrected chi connectivity index (χ2v) is 5.19. The van der Waals surface area contributed by atoms with E-state index in [9.17, 15) is 22.4 Å². The molecule has 0 bridgehead atoms. The SMILES string of the molecule is CCOCCOc1ccccc1C(=O)Nc1ccc(F)c(C(F)(F)F)c1. The molecule has 0 aliphatic rings. The molecule has 26 heavy (non-hydrogen) atoms. The highest BCUT2D eigenvalue weighted by Crippen LogP contribution is 2.33. The van der Waals surface area contributed by atoms with Crippen molar-refractivity contribution in [3.63, 3.8) is 0 Å². The highest BCUT2D eigenvalue weighted by atomic mass is 19.4. The fraction of sp³-hybridized carbons (Fsp3) is 0.278. The smallest absolute Gasteiger partial charge is 0.419 e. The fourth-order valence-electron chi connectivity index (χ4n) is 2.15. The van der Waals surface area contributed by atoms with Gasteiger partial charge in [0.1, 0.15) is 18.2 Å². The molecular weight excluding hydrogens is 354 g/mol. The van der Waals surface area contributed by atoms with Crippen LogP contribution in [0, 0.1) is 5.82 Å². The standard InChI is InChI=1S/C18H17F4NO3/c1-2-25-9-10-26-16-6-4-3-5-13(16)17(24)23-12-7-8-15(19)14(11-12)18(20,21)22/h3-8,11H,2,9-10H2,1H3,(H,23,24). The van der Waals surface area contributed by atoms with E-state index in [0.717, 1.165) is 6.07 Å². The molecule has 0 saturated heterocycles. The minimum Gasteiger partial charge on any atom is -0.490 e. The summed E-state index contributed by atoms with van der Waals surface area (Å²) in [6, 6.07) is 8.55. The number of hydrogen-bond donors (Lipinski definition) is 1. The first-order valence-electron chi connectivity index (χ1n) is 7.80. The first-order valence-corrected chi connectivity index (χ1v) is 7.80. The van der Waals surface area contributed by atoms with Crippen LogP contribution in [0.5, 0.6) is 5.75 Å². The normalized spacial score (nSPS) is 11.3. The Morgan fingerprint density at radius 2 is 1.85 bits per heavy atom. The summed E-state index contributed by atoms with van der Waals surface area (Å²) in [4.78, 5) is 12.4. The zero-order valence-corrected chi connectivity index (χ0v) is 13.9. The van der Waals surface area contributed by atoms with Crippen LogP contribution in [0.1, 0.15) is 22.8 Å². The van der Waals surface area contributed by atoms with Crippen LogP contribution >= 0.6 is 0 Å². The Labute approximate surface area is 147 Å². The number of para-hydroxylation sites is 1. The minimum atomic E-state index is -4.86. The first-order chi connectivity index (χ1) is 12.3. The van der Waals surface area contributed by atoms with Gasteiger partial charge in [-0.3, -0.25) is 4.79 Å². The monoisotopic (exact) mass is 371 g/mol. The van der Waals surface area contributed by atoms with Crippen LogP contribution in [-0.4, -0.2) is 25.7 Å². The third-order valence-corrected chi connectivity index (χ3v) is 3.35. The number of nitrogens with one attached hydrogen (secondary N) is 1. The number of hydrogen-bond acceptors (Lipinski definition) is 3. The van der Waals surface area contributed by atoms with Crippen LogP contribution in [0.15, 0.2) is 42.5 Å². The molecule has 0 fully saturated rings. The second kappa shape index (κ2) is 8.66. The summed E-state index contributed by atoms with van der Waals surface area (Å²) >= 11 is 0. The summed E-state index contributed by atoms with van der Waals surface area (Å²) < 4.78 is 62.2. The third-order valence-electron chi connectivity index (χ3n) is 3.35. The van der Waals surface area contributed by atoms with Gasteiger partial charge in [-0.05, 0) is 37.3 Å². The Hall–Kier alpha value is -2.61. The quantitative estimate of drug-likeness (QED) is 0.575. The van der Waals surface area contributed by atoms with Crippen molar-refractivity contribution in [3.05, 3.63) is 59.4 Å². The summed E-state index contributed by atoms with van der Waals surface area (Å²) in [6.45, 7) is 2.91. The number of amides is 1. The third kappa shape index (κ3) is 5.19. The molecule has 140 valence electrons. The number of halogens is 4. The molecule has 2 aromatic carbocycles. The van der Waals surface area contributed by atoms with Crippen molar-refractivity contribution >= 4 is 11.6 Å². The molecule has 0 heterocycles. The number of rotatable bonds is 7. The van der Waals surface area contributed by atoms with E-state index in [4.69, 9.17) is 9.47 Å². The Kier molecular flexibility index (Phi) is 6.57. The van der Waals surface area contributed by atoms with Gasteiger partial charge in [0.25, 0.3) is 5.91 Å². The molecule has 8 heteroatoms. The zero-order chi connectivity index (χ0) is 19.2. The fourth-order valence-corrected chi connectivity index (χ4v) is 2.15. The van der Waals surface area contributed by atoms with Gasteiger partial charge in [0, 0.05) is 12.3 Å². The summed E-state index contributed by atoms with van der Waals surface area (Å²) in [6.07, 6.45) is -4.86. The molecule has 0 atom stereocenters. The summed E-state index contributed by atoms with van der Waals surface area (Å²) in [5.74, 6) is -1.81. The van der Waals surface area contributed by atoms with E-state index in [-0.39, 0.29) is 23.6 Å². The highest BCUT2D eigenvalue weighted by Gasteiger charge is 2.34. The van der Waals surface area contributed by atoms with Gasteiger partial charge in [-0.15, -0.1) is 0 Å². The van der Waals surface area contributed by atoms with Gasteiger partial charge in [0.15, 0.2) is 0 Å². The van der Waals surface area contributed by atoms with Gasteiger partial charge >= 0.3 is 6.18 Å². The number of ether oxygens (including phenoxy) is 2. The molecule has 2 rings (SSSR count). The molecule has 4 nitrogen and oxygen atoms in total. The molecule has 1 amide bonds. The van der Waals surface area contributed by atoms with Crippen LogP contribution in [-0.2, 0) is 10.9 Å². The van der Waals surface area contributed by atoms with E-state index >= 15 is 0 Å². The van der Waals surface area contributed by atoms with Crippen molar-refractivity contribution in [3.8, 4) is 5.75 Å². The first kappa shape index (κ1) is 19.7. The number of anilines is 1. The van der Waals surface area contributed by atoms with Crippen LogP contribution in [0.3, 0.4) is 0 Å². The summed E-state index contributed by atoms with van der Waals surface area (Å²) in [5.41, 5.74) is -1.48. The Bertz CT molecular complexity index is 762. The van der Waals surface area contributed by atoms with Crippen molar-refractivity contribution in [2.75, 3.05) is 25.1 Å². The van der Waals surface area contributed by atoms with E-state index in [1.165, 1.54) is 6.07 Å². The van der Waals surface area contributed by atoms with Gasteiger partial charge in [0.2, 0.25) is 0 Å². The van der Waals surface area contributed by atoms with Gasteiger partial charge in [-0.25, -0.2) is 4.39 Å². The molecule has 0 aliphatic heterocycles. The number of alkyl halides is 3.